The van der Waals surface area contributed by atoms with Crippen molar-refractivity contribution in [1.29, 1.82) is 0 Å². The molecule has 2 heterocycles. The third-order valence-electron chi connectivity index (χ3n) is 4.71. The second-order valence-electron chi connectivity index (χ2n) is 6.86. The van der Waals surface area contributed by atoms with Crippen LogP contribution < -0.4 is 20.9 Å². The van der Waals surface area contributed by atoms with Crippen molar-refractivity contribution in [1.82, 2.24) is 9.29 Å². The summed E-state index contributed by atoms with van der Waals surface area (Å²) >= 11 is 8.28. The van der Waals surface area contributed by atoms with Crippen LogP contribution in [0.2, 0.25) is 0 Å². The predicted octanol–water partition coefficient (Wildman–Crippen LogP) is 6.14. The number of thioether (sulfide) groups is 1. The maximum Gasteiger partial charge on any atom is 0.329 e. The fraction of sp³-hybridized carbons (Fsp3) is 0.0909. The normalized spacial score (nSPS) is 13.3. The Morgan fingerprint density at radius 2 is 1.88 bits per heavy atom. The van der Waals surface area contributed by atoms with E-state index in [2.05, 4.69) is 15.4 Å². The van der Waals surface area contributed by atoms with Crippen molar-refractivity contribution < 1.29 is 13.6 Å². The smallest absolute Gasteiger partial charge is 0.329 e. The molecule has 1 aliphatic rings. The number of carbonyl (C=O) groups excluding carboxylic acids is 1. The molecule has 4 rings (SSSR count). The molecule has 0 unspecified atom stereocenters. The van der Waals surface area contributed by atoms with E-state index in [0.717, 1.165) is 38.6 Å². The summed E-state index contributed by atoms with van der Waals surface area (Å²) < 4.78 is 34.5. The summed E-state index contributed by atoms with van der Waals surface area (Å²) in [6.07, 6.45) is 5.69. The van der Waals surface area contributed by atoms with E-state index in [0.29, 0.717) is 21.6 Å². The van der Waals surface area contributed by atoms with Gasteiger partial charge in [-0.1, -0.05) is 35.5 Å². The molecule has 0 saturated carbocycles. The van der Waals surface area contributed by atoms with Crippen molar-refractivity contribution in [3.63, 3.8) is 0 Å². The number of halogens is 3. The van der Waals surface area contributed by atoms with Gasteiger partial charge < -0.3 is 10.6 Å². The molecule has 0 fully saturated rings. The highest BCUT2D eigenvalue weighted by atomic mass is 35.5. The Morgan fingerprint density at radius 3 is 2.58 bits per heavy atom. The summed E-state index contributed by atoms with van der Waals surface area (Å²) in [6, 6.07) is 7.92. The zero-order chi connectivity index (χ0) is 23.5. The van der Waals surface area contributed by atoms with Crippen LogP contribution in [0.1, 0.15) is 6.42 Å². The van der Waals surface area contributed by atoms with E-state index in [1.165, 1.54) is 18.0 Å². The molecule has 1 aromatic heterocycles. The molecule has 0 atom stereocenters. The van der Waals surface area contributed by atoms with Crippen molar-refractivity contribution in [2.75, 3.05) is 17.7 Å². The largest absolute Gasteiger partial charge is 0.388 e. The standard InChI is InChI=1S/C22H17ClF2N4O2S2/c1-26-13-5-6-15-12(9-13)7-8-29(21(15)30)20-16(24)10-14(11-17(20)25)27-22(31)28-33-19-4-2-3-18(23)32-19/h3-11,26H,2H2,1H3,(H2,27,28,31). The molecule has 2 amide bonds. The minimum absolute atomic E-state index is 0.0949. The highest BCUT2D eigenvalue weighted by molar-refractivity contribution is 8.24. The Balaban J connectivity index is 1.54. The van der Waals surface area contributed by atoms with Crippen LogP contribution in [0, 0.1) is 11.6 Å². The average molecular weight is 507 g/mol. The number of fused-ring (bicyclic) bond motifs is 1. The number of nitrogens with one attached hydrogen (secondary N) is 3. The highest BCUT2D eigenvalue weighted by Crippen LogP contribution is 2.38. The number of pyridine rings is 1. The van der Waals surface area contributed by atoms with Gasteiger partial charge in [-0.2, -0.15) is 0 Å². The third-order valence-corrected chi connectivity index (χ3v) is 6.98. The van der Waals surface area contributed by atoms with Gasteiger partial charge in [-0.25, -0.2) is 13.6 Å². The summed E-state index contributed by atoms with van der Waals surface area (Å²) in [6.45, 7) is 0. The minimum Gasteiger partial charge on any atom is -0.388 e. The van der Waals surface area contributed by atoms with Crippen LogP contribution in [0.4, 0.5) is 25.0 Å². The average Bonchev–Trinajstić information content (AvgIpc) is 2.78. The number of urea groups is 1. The molecule has 3 aromatic rings. The predicted molar refractivity (Wildman–Crippen MR) is 133 cm³/mol. The van der Waals surface area contributed by atoms with Crippen LogP contribution >= 0.6 is 35.3 Å². The first-order valence-corrected chi connectivity index (χ1v) is 11.7. The molecule has 0 bridgehead atoms. The zero-order valence-electron chi connectivity index (χ0n) is 17.1. The zero-order valence-corrected chi connectivity index (χ0v) is 19.5. The van der Waals surface area contributed by atoms with Crippen LogP contribution in [-0.4, -0.2) is 17.6 Å². The molecule has 1 aliphatic heterocycles. The molecule has 0 radical (unpaired) electrons. The number of amides is 2. The van der Waals surface area contributed by atoms with Gasteiger partial charge in [0.15, 0.2) is 11.6 Å². The van der Waals surface area contributed by atoms with Gasteiger partial charge in [0.1, 0.15) is 5.69 Å². The van der Waals surface area contributed by atoms with Crippen molar-refractivity contribution in [3.8, 4) is 5.69 Å². The van der Waals surface area contributed by atoms with E-state index in [4.69, 9.17) is 11.6 Å². The number of hydrogen-bond donors (Lipinski definition) is 3. The summed E-state index contributed by atoms with van der Waals surface area (Å²) in [5.74, 6) is -1.98. The summed E-state index contributed by atoms with van der Waals surface area (Å²) in [5.41, 5.74) is -0.372. The monoisotopic (exact) mass is 506 g/mol. The van der Waals surface area contributed by atoms with Crippen molar-refractivity contribution in [2.24, 2.45) is 0 Å². The Labute approximate surface area is 201 Å². The molecule has 2 aromatic carbocycles. The fourth-order valence-electron chi connectivity index (χ4n) is 3.19. The second-order valence-corrected chi connectivity index (χ2v) is 9.68. The van der Waals surface area contributed by atoms with Gasteiger partial charge in [0, 0.05) is 30.0 Å². The van der Waals surface area contributed by atoms with Crippen LogP contribution in [0.25, 0.3) is 16.5 Å². The van der Waals surface area contributed by atoms with Gasteiger partial charge in [-0.15, -0.1) is 0 Å². The van der Waals surface area contributed by atoms with Gasteiger partial charge >= 0.3 is 6.03 Å². The first-order valence-electron chi connectivity index (χ1n) is 9.66. The van der Waals surface area contributed by atoms with E-state index in [9.17, 15) is 18.4 Å². The van der Waals surface area contributed by atoms with Crippen LogP contribution in [0.15, 0.2) is 68.1 Å². The number of benzene rings is 2. The Bertz CT molecular complexity index is 1350. The highest BCUT2D eigenvalue weighted by Gasteiger charge is 2.17. The SMILES string of the molecule is CNc1ccc2c(=O)n(-c3c(F)cc(NC(=O)NSC4=CCC=C(Cl)S4)cc3F)ccc2c1. The van der Waals surface area contributed by atoms with Crippen molar-refractivity contribution >= 4 is 63.5 Å². The molecule has 0 saturated heterocycles. The Kier molecular flexibility index (Phi) is 6.96. The number of rotatable bonds is 5. The van der Waals surface area contributed by atoms with Gasteiger partial charge in [0.2, 0.25) is 0 Å². The van der Waals surface area contributed by atoms with E-state index in [1.54, 1.807) is 31.3 Å². The first kappa shape index (κ1) is 23.2. The molecular formula is C22H17ClF2N4O2S2. The maximum absolute atomic E-state index is 14.8. The van der Waals surface area contributed by atoms with Crippen LogP contribution in [0.3, 0.4) is 0 Å². The van der Waals surface area contributed by atoms with Gasteiger partial charge in [0.05, 0.1) is 8.60 Å². The molecule has 0 spiro atoms. The molecule has 6 nitrogen and oxygen atoms in total. The third kappa shape index (κ3) is 5.18. The Morgan fingerprint density at radius 1 is 1.12 bits per heavy atom. The lowest BCUT2D eigenvalue weighted by molar-refractivity contribution is 0.257. The number of aromatic nitrogens is 1. The van der Waals surface area contributed by atoms with E-state index in [-0.39, 0.29) is 5.69 Å². The number of hydrogen-bond acceptors (Lipinski definition) is 5. The van der Waals surface area contributed by atoms with Crippen LogP contribution in [0.5, 0.6) is 0 Å². The number of anilines is 2. The molecule has 3 N–H and O–H groups in total. The maximum atomic E-state index is 14.8. The molecule has 11 heteroatoms. The van der Waals surface area contributed by atoms with Gasteiger partial charge in [-0.3, -0.25) is 14.1 Å². The van der Waals surface area contributed by atoms with Crippen molar-refractivity contribution in [2.45, 2.75) is 6.42 Å². The fourth-order valence-corrected chi connectivity index (χ4v) is 5.20. The summed E-state index contributed by atoms with van der Waals surface area (Å²) in [7, 11) is 1.75. The molecular weight excluding hydrogens is 490 g/mol. The van der Waals surface area contributed by atoms with Crippen LogP contribution in [-0.2, 0) is 0 Å². The summed E-state index contributed by atoms with van der Waals surface area (Å²) in [5, 5.41) is 6.31. The lowest BCUT2D eigenvalue weighted by Crippen LogP contribution is -2.24. The first-order chi connectivity index (χ1) is 15.9. The van der Waals surface area contributed by atoms with Crippen molar-refractivity contribution in [3.05, 3.63) is 85.3 Å². The minimum atomic E-state index is -0.992. The molecule has 33 heavy (non-hydrogen) atoms. The number of carbonyl (C=O) groups is 1. The number of allylic oxidation sites excluding steroid dienone is 2. The lowest BCUT2D eigenvalue weighted by atomic mass is 10.1. The lowest BCUT2D eigenvalue weighted by Gasteiger charge is -2.13. The van der Waals surface area contributed by atoms with Gasteiger partial charge in [0.25, 0.3) is 5.56 Å². The second kappa shape index (κ2) is 9.90. The van der Waals surface area contributed by atoms with E-state index >= 15 is 0 Å². The number of nitrogens with zero attached hydrogens (tertiary/aromatic N) is 1. The quantitative estimate of drug-likeness (QED) is 0.362. The topological polar surface area (TPSA) is 75.2 Å². The Hall–Kier alpha value is -2.95. The van der Waals surface area contributed by atoms with E-state index < -0.39 is 28.9 Å². The van der Waals surface area contributed by atoms with E-state index in [1.807, 2.05) is 12.2 Å². The summed E-state index contributed by atoms with van der Waals surface area (Å²) in [4.78, 5) is 25.0. The van der Waals surface area contributed by atoms with Gasteiger partial charge in [-0.05, 0) is 60.2 Å². The molecule has 0 aliphatic carbocycles. The molecule has 170 valence electrons.